The summed E-state index contributed by atoms with van der Waals surface area (Å²) >= 11 is 1.66. The number of aromatic nitrogens is 4. The van der Waals surface area contributed by atoms with Crippen LogP contribution in [0.4, 0.5) is 11.8 Å². The zero-order chi connectivity index (χ0) is 20.5. The van der Waals surface area contributed by atoms with Gasteiger partial charge < -0.3 is 10.6 Å². The lowest BCUT2D eigenvalue weighted by atomic mass is 10.1. The van der Waals surface area contributed by atoms with Crippen LogP contribution in [0, 0.1) is 0 Å². The van der Waals surface area contributed by atoms with Crippen molar-refractivity contribution in [2.24, 2.45) is 7.05 Å². The summed E-state index contributed by atoms with van der Waals surface area (Å²) in [4.78, 5) is 15.6. The number of aryl methyl sites for hydroxylation is 1. The fraction of sp³-hybridized carbons (Fsp3) is 0.318. The zero-order valence-electron chi connectivity index (χ0n) is 17.0. The minimum Gasteiger partial charge on any atom is -0.383 e. The molecule has 5 rings (SSSR count). The number of rotatable bonds is 5. The number of hydrogen-bond donors (Lipinski definition) is 1. The monoisotopic (exact) mass is 419 g/mol. The Balaban J connectivity index is 1.34. The third-order valence-electron chi connectivity index (χ3n) is 5.70. The number of thiophene rings is 1. The average Bonchev–Trinajstić information content (AvgIpc) is 3.41. The van der Waals surface area contributed by atoms with Gasteiger partial charge in [-0.25, -0.2) is 4.98 Å². The molecular weight excluding hydrogens is 394 g/mol. The van der Waals surface area contributed by atoms with Crippen molar-refractivity contribution in [3.63, 3.8) is 0 Å². The van der Waals surface area contributed by atoms with Crippen LogP contribution >= 0.6 is 11.3 Å². The summed E-state index contributed by atoms with van der Waals surface area (Å²) in [6, 6.07) is 14.8. The Labute approximate surface area is 179 Å². The van der Waals surface area contributed by atoms with Crippen LogP contribution in [0.15, 0.2) is 47.8 Å². The minimum atomic E-state index is 0.602. The lowest BCUT2D eigenvalue weighted by Gasteiger charge is -2.34. The molecule has 1 aliphatic rings. The molecule has 30 heavy (non-hydrogen) atoms. The van der Waals surface area contributed by atoms with Crippen LogP contribution in [0.3, 0.4) is 0 Å². The Morgan fingerprint density at radius 3 is 2.53 bits per heavy atom. The van der Waals surface area contributed by atoms with Crippen LogP contribution in [0.2, 0.25) is 0 Å². The molecule has 1 aliphatic heterocycles. The lowest BCUT2D eigenvalue weighted by Crippen LogP contribution is -2.47. The number of nitrogens with zero attached hydrogens (tertiary/aromatic N) is 6. The van der Waals surface area contributed by atoms with Crippen molar-refractivity contribution in [3.05, 3.63) is 53.4 Å². The predicted octanol–water partition coefficient (Wildman–Crippen LogP) is 3.04. The van der Waals surface area contributed by atoms with Gasteiger partial charge in [0.2, 0.25) is 5.95 Å². The molecule has 0 aliphatic carbocycles. The molecule has 0 unspecified atom stereocenters. The highest BCUT2D eigenvalue weighted by Gasteiger charge is 2.23. The van der Waals surface area contributed by atoms with Crippen molar-refractivity contribution >= 4 is 34.1 Å². The summed E-state index contributed by atoms with van der Waals surface area (Å²) in [5.74, 6) is 1.34. The van der Waals surface area contributed by atoms with Crippen molar-refractivity contribution in [1.82, 2.24) is 24.6 Å². The van der Waals surface area contributed by atoms with Crippen molar-refractivity contribution in [2.75, 3.05) is 43.4 Å². The molecule has 8 heteroatoms. The molecule has 0 radical (unpaired) electrons. The Bertz CT molecular complexity index is 1130. The SMILES string of the molecule is Cn1nc2nc(N3CCN(CCc4ccccc4)CC3)nc(-c3cccs3)c2c1N. The summed E-state index contributed by atoms with van der Waals surface area (Å²) in [6.45, 7) is 4.91. The molecule has 0 amide bonds. The molecule has 1 saturated heterocycles. The fourth-order valence-corrected chi connectivity index (χ4v) is 4.66. The van der Waals surface area contributed by atoms with E-state index in [9.17, 15) is 0 Å². The van der Waals surface area contributed by atoms with Crippen LogP contribution in [-0.2, 0) is 13.5 Å². The molecule has 154 valence electrons. The molecular formula is C22H25N7S. The van der Waals surface area contributed by atoms with Gasteiger partial charge in [-0.1, -0.05) is 36.4 Å². The molecule has 2 N–H and O–H groups in total. The Morgan fingerprint density at radius 1 is 1.00 bits per heavy atom. The van der Waals surface area contributed by atoms with Gasteiger partial charge in [-0.3, -0.25) is 9.58 Å². The quantitative estimate of drug-likeness (QED) is 0.536. The highest BCUT2D eigenvalue weighted by Crippen LogP contribution is 2.34. The van der Waals surface area contributed by atoms with Gasteiger partial charge in [0.1, 0.15) is 5.82 Å². The summed E-state index contributed by atoms with van der Waals surface area (Å²) in [7, 11) is 1.85. The van der Waals surface area contributed by atoms with Gasteiger partial charge in [0.05, 0.1) is 16.0 Å². The van der Waals surface area contributed by atoms with E-state index in [2.05, 4.69) is 56.7 Å². The van der Waals surface area contributed by atoms with E-state index in [1.54, 1.807) is 16.0 Å². The van der Waals surface area contributed by atoms with Crippen LogP contribution in [0.1, 0.15) is 5.56 Å². The van der Waals surface area contributed by atoms with Crippen molar-refractivity contribution in [3.8, 4) is 10.6 Å². The maximum Gasteiger partial charge on any atom is 0.228 e. The van der Waals surface area contributed by atoms with Crippen LogP contribution in [0.25, 0.3) is 21.6 Å². The molecule has 4 heterocycles. The number of benzene rings is 1. The smallest absolute Gasteiger partial charge is 0.228 e. The first kappa shape index (κ1) is 19.0. The molecule has 0 bridgehead atoms. The molecule has 4 aromatic rings. The van der Waals surface area contributed by atoms with E-state index in [4.69, 9.17) is 15.7 Å². The van der Waals surface area contributed by atoms with Crippen LogP contribution < -0.4 is 10.6 Å². The van der Waals surface area contributed by atoms with Crippen LogP contribution in [-0.4, -0.2) is 57.4 Å². The highest BCUT2D eigenvalue weighted by atomic mass is 32.1. The van der Waals surface area contributed by atoms with Gasteiger partial charge in [-0.15, -0.1) is 11.3 Å². The van der Waals surface area contributed by atoms with Gasteiger partial charge >= 0.3 is 0 Å². The van der Waals surface area contributed by atoms with Gasteiger partial charge in [-0.05, 0) is 23.4 Å². The number of hydrogen-bond acceptors (Lipinski definition) is 7. The lowest BCUT2D eigenvalue weighted by molar-refractivity contribution is 0.260. The average molecular weight is 420 g/mol. The number of nitrogen functional groups attached to an aromatic ring is 1. The van der Waals surface area contributed by atoms with Crippen molar-refractivity contribution < 1.29 is 0 Å². The van der Waals surface area contributed by atoms with Gasteiger partial charge in [0, 0.05) is 39.8 Å². The number of fused-ring (bicyclic) bond motifs is 1. The molecule has 0 saturated carbocycles. The third kappa shape index (κ3) is 3.64. The van der Waals surface area contributed by atoms with Crippen molar-refractivity contribution in [1.29, 1.82) is 0 Å². The summed E-state index contributed by atoms with van der Waals surface area (Å²) in [6.07, 6.45) is 1.08. The first-order valence-electron chi connectivity index (χ1n) is 10.2. The number of piperazine rings is 1. The molecule has 1 aromatic carbocycles. The highest BCUT2D eigenvalue weighted by molar-refractivity contribution is 7.13. The number of nitrogens with two attached hydrogens (primary N) is 1. The summed E-state index contributed by atoms with van der Waals surface area (Å²) in [5, 5.41) is 7.42. The Kier molecular flexibility index (Phi) is 5.10. The zero-order valence-corrected chi connectivity index (χ0v) is 17.8. The molecule has 0 spiro atoms. The minimum absolute atomic E-state index is 0.602. The molecule has 1 fully saturated rings. The summed E-state index contributed by atoms with van der Waals surface area (Å²) < 4.78 is 1.68. The second kappa shape index (κ2) is 8.04. The van der Waals surface area contributed by atoms with E-state index in [0.717, 1.165) is 61.1 Å². The van der Waals surface area contributed by atoms with E-state index in [0.29, 0.717) is 11.5 Å². The maximum atomic E-state index is 6.28. The van der Waals surface area contributed by atoms with E-state index >= 15 is 0 Å². The predicted molar refractivity (Wildman–Crippen MR) is 123 cm³/mol. The topological polar surface area (TPSA) is 76.1 Å². The van der Waals surface area contributed by atoms with E-state index < -0.39 is 0 Å². The van der Waals surface area contributed by atoms with E-state index in [-0.39, 0.29) is 0 Å². The molecule has 3 aromatic heterocycles. The number of anilines is 2. The Hall–Kier alpha value is -2.97. The van der Waals surface area contributed by atoms with Crippen LogP contribution in [0.5, 0.6) is 0 Å². The van der Waals surface area contributed by atoms with Gasteiger partial charge in [-0.2, -0.15) is 10.1 Å². The standard InChI is InChI=1S/C22H25N7S/c1-27-20(23)18-19(17-8-5-15-30-17)24-22(25-21(18)26-27)29-13-11-28(12-14-29)10-9-16-6-3-2-4-7-16/h2-8,15H,9-14,23H2,1H3. The Morgan fingerprint density at radius 2 is 1.80 bits per heavy atom. The third-order valence-corrected chi connectivity index (χ3v) is 6.57. The van der Waals surface area contributed by atoms with Gasteiger partial charge in [0.15, 0.2) is 5.65 Å². The van der Waals surface area contributed by atoms with E-state index in [1.807, 2.05) is 13.1 Å². The van der Waals surface area contributed by atoms with E-state index in [1.165, 1.54) is 5.56 Å². The maximum absolute atomic E-state index is 6.28. The molecule has 7 nitrogen and oxygen atoms in total. The van der Waals surface area contributed by atoms with Gasteiger partial charge in [0.25, 0.3) is 0 Å². The second-order valence-electron chi connectivity index (χ2n) is 7.62. The first-order valence-corrected chi connectivity index (χ1v) is 11.1. The van der Waals surface area contributed by atoms with Crippen molar-refractivity contribution in [2.45, 2.75) is 6.42 Å². The first-order chi connectivity index (χ1) is 14.7. The molecule has 0 atom stereocenters. The summed E-state index contributed by atoms with van der Waals surface area (Å²) in [5.41, 5.74) is 9.21. The fourth-order valence-electron chi connectivity index (χ4n) is 3.94. The second-order valence-corrected chi connectivity index (χ2v) is 8.57. The largest absolute Gasteiger partial charge is 0.383 e. The normalized spacial score (nSPS) is 15.2.